The van der Waals surface area contributed by atoms with Gasteiger partial charge in [-0.2, -0.15) is 4.98 Å². The molecule has 0 bridgehead atoms. The van der Waals surface area contributed by atoms with Crippen molar-refractivity contribution in [1.82, 2.24) is 15.2 Å². The number of rotatable bonds is 5. The van der Waals surface area contributed by atoms with Crippen molar-refractivity contribution >= 4 is 11.9 Å². The van der Waals surface area contributed by atoms with Crippen LogP contribution in [0, 0.1) is 5.82 Å². The Kier molecular flexibility index (Phi) is 4.65. The second-order valence-electron chi connectivity index (χ2n) is 5.36. The number of carbonyl (C=O) groups excluding carboxylic acids is 1. The van der Waals surface area contributed by atoms with Gasteiger partial charge >= 0.3 is 0 Å². The second-order valence-corrected chi connectivity index (χ2v) is 5.36. The molecule has 0 unspecified atom stereocenters. The van der Waals surface area contributed by atoms with E-state index in [0.29, 0.717) is 12.2 Å². The summed E-state index contributed by atoms with van der Waals surface area (Å²) in [7, 11) is 0. The van der Waals surface area contributed by atoms with E-state index in [1.807, 2.05) is 31.2 Å². The van der Waals surface area contributed by atoms with Gasteiger partial charge < -0.3 is 0 Å². The molecule has 122 valence electrons. The van der Waals surface area contributed by atoms with Crippen molar-refractivity contribution in [2.24, 2.45) is 0 Å². The van der Waals surface area contributed by atoms with Gasteiger partial charge in [-0.05, 0) is 29.7 Å². The minimum Gasteiger partial charge on any atom is -0.293 e. The summed E-state index contributed by atoms with van der Waals surface area (Å²) in [6.07, 6.45) is 1.19. The lowest BCUT2D eigenvalue weighted by atomic mass is 9.99. The molecule has 6 heteroatoms. The number of amides is 1. The first-order valence-corrected chi connectivity index (χ1v) is 7.75. The average Bonchev–Trinajstić information content (AvgIpc) is 3.04. The fraction of sp³-hybridized carbons (Fsp3) is 0.167. The van der Waals surface area contributed by atoms with Gasteiger partial charge in [-0.1, -0.05) is 43.3 Å². The van der Waals surface area contributed by atoms with Gasteiger partial charge in [0.15, 0.2) is 5.82 Å². The summed E-state index contributed by atoms with van der Waals surface area (Å²) in [4.78, 5) is 16.0. The molecule has 1 heterocycles. The summed E-state index contributed by atoms with van der Waals surface area (Å²) in [5, 5.41) is 9.53. The van der Waals surface area contributed by atoms with E-state index >= 15 is 0 Å². The van der Waals surface area contributed by atoms with Crippen LogP contribution in [-0.2, 0) is 4.79 Å². The van der Waals surface area contributed by atoms with Crippen LogP contribution in [-0.4, -0.2) is 21.1 Å². The van der Waals surface area contributed by atoms with E-state index in [1.54, 1.807) is 12.1 Å². The Labute approximate surface area is 138 Å². The molecule has 2 aromatic carbocycles. The van der Waals surface area contributed by atoms with Crippen molar-refractivity contribution in [2.75, 3.05) is 5.32 Å². The van der Waals surface area contributed by atoms with Crippen molar-refractivity contribution in [3.8, 4) is 22.5 Å². The van der Waals surface area contributed by atoms with Gasteiger partial charge in [0.1, 0.15) is 5.82 Å². The molecule has 0 fully saturated rings. The lowest BCUT2D eigenvalue weighted by Crippen LogP contribution is -2.11. The number of hydrogen-bond acceptors (Lipinski definition) is 3. The molecule has 2 N–H and O–H groups in total. The molecule has 0 aliphatic heterocycles. The largest absolute Gasteiger partial charge is 0.293 e. The third-order valence-electron chi connectivity index (χ3n) is 3.55. The molecule has 0 saturated heterocycles. The van der Waals surface area contributed by atoms with Crippen LogP contribution >= 0.6 is 0 Å². The third kappa shape index (κ3) is 3.48. The van der Waals surface area contributed by atoms with E-state index in [-0.39, 0.29) is 17.7 Å². The maximum Gasteiger partial charge on any atom is 0.249 e. The van der Waals surface area contributed by atoms with Crippen LogP contribution in [0.4, 0.5) is 10.3 Å². The zero-order valence-electron chi connectivity index (χ0n) is 13.2. The molecule has 0 aliphatic carbocycles. The standard InChI is InChI=1S/C18H17FN4O/c1-2-5-16(24)20-18-21-17(22-23-18)15-7-4-3-6-14(15)12-8-10-13(19)11-9-12/h3-4,6-11H,2,5H2,1H3,(H2,20,21,22,23,24). The summed E-state index contributed by atoms with van der Waals surface area (Å²) in [5.41, 5.74) is 2.60. The van der Waals surface area contributed by atoms with E-state index in [1.165, 1.54) is 12.1 Å². The van der Waals surface area contributed by atoms with Crippen LogP contribution < -0.4 is 5.32 Å². The van der Waals surface area contributed by atoms with E-state index < -0.39 is 0 Å². The Morgan fingerprint density at radius 1 is 1.12 bits per heavy atom. The van der Waals surface area contributed by atoms with Crippen LogP contribution in [0.15, 0.2) is 48.5 Å². The number of aromatic amines is 1. The third-order valence-corrected chi connectivity index (χ3v) is 3.55. The molecule has 3 rings (SSSR count). The molecule has 0 atom stereocenters. The van der Waals surface area contributed by atoms with Gasteiger partial charge in [0.2, 0.25) is 11.9 Å². The molecule has 0 aliphatic rings. The van der Waals surface area contributed by atoms with E-state index in [9.17, 15) is 9.18 Å². The lowest BCUT2D eigenvalue weighted by molar-refractivity contribution is -0.116. The summed E-state index contributed by atoms with van der Waals surface area (Å²) < 4.78 is 13.1. The van der Waals surface area contributed by atoms with Crippen LogP contribution in [0.25, 0.3) is 22.5 Å². The highest BCUT2D eigenvalue weighted by Gasteiger charge is 2.12. The molecule has 1 aromatic heterocycles. The summed E-state index contributed by atoms with van der Waals surface area (Å²) >= 11 is 0. The minimum atomic E-state index is -0.281. The average molecular weight is 324 g/mol. The molecule has 24 heavy (non-hydrogen) atoms. The number of halogens is 1. The minimum absolute atomic E-state index is 0.116. The monoisotopic (exact) mass is 324 g/mol. The molecule has 5 nitrogen and oxygen atoms in total. The molecule has 3 aromatic rings. The van der Waals surface area contributed by atoms with Crippen LogP contribution in [0.3, 0.4) is 0 Å². The Balaban J connectivity index is 1.92. The quantitative estimate of drug-likeness (QED) is 0.745. The van der Waals surface area contributed by atoms with Crippen molar-refractivity contribution < 1.29 is 9.18 Å². The Morgan fingerprint density at radius 3 is 2.54 bits per heavy atom. The number of carbonyl (C=O) groups is 1. The normalized spacial score (nSPS) is 10.6. The number of anilines is 1. The SMILES string of the molecule is CCCC(=O)Nc1n[nH]c(-c2ccccc2-c2ccc(F)cc2)n1. The van der Waals surface area contributed by atoms with Crippen molar-refractivity contribution in [3.05, 3.63) is 54.3 Å². The van der Waals surface area contributed by atoms with E-state index in [4.69, 9.17) is 0 Å². The number of nitrogens with zero attached hydrogens (tertiary/aromatic N) is 2. The van der Waals surface area contributed by atoms with Crippen LogP contribution in [0.2, 0.25) is 0 Å². The molecule has 0 spiro atoms. The second kappa shape index (κ2) is 7.04. The number of H-pyrrole nitrogens is 1. The van der Waals surface area contributed by atoms with E-state index in [0.717, 1.165) is 23.1 Å². The summed E-state index contributed by atoms with van der Waals surface area (Å²) in [6, 6.07) is 13.9. The topological polar surface area (TPSA) is 70.7 Å². The van der Waals surface area contributed by atoms with Crippen molar-refractivity contribution in [3.63, 3.8) is 0 Å². The van der Waals surface area contributed by atoms with Crippen LogP contribution in [0.1, 0.15) is 19.8 Å². The number of hydrogen-bond donors (Lipinski definition) is 2. The highest BCUT2D eigenvalue weighted by Crippen LogP contribution is 2.30. The van der Waals surface area contributed by atoms with Crippen molar-refractivity contribution in [1.29, 1.82) is 0 Å². The summed E-state index contributed by atoms with van der Waals surface area (Å²) in [6.45, 7) is 1.93. The Hall–Kier alpha value is -3.02. The van der Waals surface area contributed by atoms with Gasteiger partial charge in [0.25, 0.3) is 0 Å². The first-order valence-electron chi connectivity index (χ1n) is 7.75. The van der Waals surface area contributed by atoms with E-state index in [2.05, 4.69) is 20.5 Å². The zero-order valence-corrected chi connectivity index (χ0v) is 13.2. The predicted octanol–water partition coefficient (Wildman–Crippen LogP) is 4.02. The fourth-order valence-corrected chi connectivity index (χ4v) is 2.42. The van der Waals surface area contributed by atoms with Gasteiger partial charge in [-0.25, -0.2) is 4.39 Å². The van der Waals surface area contributed by atoms with Gasteiger partial charge in [-0.15, -0.1) is 5.10 Å². The Bertz CT molecular complexity index is 842. The highest BCUT2D eigenvalue weighted by atomic mass is 19.1. The van der Waals surface area contributed by atoms with Gasteiger partial charge in [0, 0.05) is 12.0 Å². The summed E-state index contributed by atoms with van der Waals surface area (Å²) in [5.74, 6) is 0.394. The van der Waals surface area contributed by atoms with Crippen molar-refractivity contribution in [2.45, 2.75) is 19.8 Å². The molecule has 1 amide bonds. The maximum absolute atomic E-state index is 13.1. The molecular formula is C18H17FN4O. The first kappa shape index (κ1) is 15.9. The maximum atomic E-state index is 13.1. The Morgan fingerprint density at radius 2 is 1.83 bits per heavy atom. The number of benzene rings is 2. The number of aromatic nitrogens is 3. The van der Waals surface area contributed by atoms with Gasteiger partial charge in [-0.3, -0.25) is 15.2 Å². The van der Waals surface area contributed by atoms with Gasteiger partial charge in [0.05, 0.1) is 0 Å². The number of nitrogens with one attached hydrogen (secondary N) is 2. The fourth-order valence-electron chi connectivity index (χ4n) is 2.42. The first-order chi connectivity index (χ1) is 11.7. The lowest BCUT2D eigenvalue weighted by Gasteiger charge is -2.07. The zero-order chi connectivity index (χ0) is 16.9. The molecular weight excluding hydrogens is 307 g/mol. The smallest absolute Gasteiger partial charge is 0.249 e. The highest BCUT2D eigenvalue weighted by molar-refractivity contribution is 5.89. The van der Waals surface area contributed by atoms with Crippen LogP contribution in [0.5, 0.6) is 0 Å². The molecule has 0 saturated carbocycles. The molecule has 0 radical (unpaired) electrons. The predicted molar refractivity (Wildman–Crippen MR) is 90.8 cm³/mol.